The average molecular weight is 221 g/mol. The SMILES string of the molecule is C1=CC2=CC=Cc3nnnn3C2C=C1.Cl. The first-order chi connectivity index (χ1) is 6.95. The molecule has 1 unspecified atom stereocenters. The van der Waals surface area contributed by atoms with E-state index >= 15 is 0 Å². The summed E-state index contributed by atoms with van der Waals surface area (Å²) in [4.78, 5) is 0. The Morgan fingerprint density at radius 1 is 1.13 bits per heavy atom. The van der Waals surface area contributed by atoms with Crippen molar-refractivity contribution in [1.29, 1.82) is 0 Å². The van der Waals surface area contributed by atoms with Crippen LogP contribution in [0.1, 0.15) is 11.9 Å². The van der Waals surface area contributed by atoms with E-state index in [1.54, 1.807) is 0 Å². The van der Waals surface area contributed by atoms with Crippen molar-refractivity contribution in [2.75, 3.05) is 0 Å². The molecule has 0 aromatic carbocycles. The summed E-state index contributed by atoms with van der Waals surface area (Å²) in [5, 5.41) is 11.6. The summed E-state index contributed by atoms with van der Waals surface area (Å²) in [6.45, 7) is 0. The Morgan fingerprint density at radius 3 is 3.00 bits per heavy atom. The van der Waals surface area contributed by atoms with Gasteiger partial charge in [-0.25, -0.2) is 4.68 Å². The molecule has 4 nitrogen and oxygen atoms in total. The van der Waals surface area contributed by atoms with E-state index in [-0.39, 0.29) is 18.4 Å². The molecule has 2 heterocycles. The zero-order valence-electron chi connectivity index (χ0n) is 7.82. The van der Waals surface area contributed by atoms with Crippen LogP contribution in [0.15, 0.2) is 42.0 Å². The van der Waals surface area contributed by atoms with Gasteiger partial charge in [0.05, 0.1) is 6.04 Å². The van der Waals surface area contributed by atoms with E-state index in [4.69, 9.17) is 0 Å². The zero-order valence-corrected chi connectivity index (χ0v) is 8.63. The minimum atomic E-state index is 0. The van der Waals surface area contributed by atoms with E-state index in [1.807, 2.05) is 29.0 Å². The third kappa shape index (κ3) is 1.53. The van der Waals surface area contributed by atoms with Crippen molar-refractivity contribution in [2.45, 2.75) is 6.04 Å². The lowest BCUT2D eigenvalue weighted by Crippen LogP contribution is -2.12. The van der Waals surface area contributed by atoms with Gasteiger partial charge in [-0.15, -0.1) is 17.5 Å². The summed E-state index contributed by atoms with van der Waals surface area (Å²) in [6.07, 6.45) is 14.1. The van der Waals surface area contributed by atoms with Crippen LogP contribution in [0, 0.1) is 0 Å². The molecule has 1 aliphatic heterocycles. The smallest absolute Gasteiger partial charge is 0.175 e. The van der Waals surface area contributed by atoms with Gasteiger partial charge in [0.1, 0.15) is 0 Å². The van der Waals surface area contributed by atoms with Gasteiger partial charge in [-0.05, 0) is 22.1 Å². The minimum Gasteiger partial charge on any atom is -0.214 e. The molecule has 0 N–H and O–H groups in total. The number of allylic oxidation sites excluding steroid dienone is 7. The van der Waals surface area contributed by atoms with Crippen molar-refractivity contribution in [3.8, 4) is 0 Å². The third-order valence-corrected chi connectivity index (χ3v) is 2.35. The second-order valence-corrected chi connectivity index (χ2v) is 3.20. The summed E-state index contributed by atoms with van der Waals surface area (Å²) in [5.74, 6) is 0.793. The van der Waals surface area contributed by atoms with Gasteiger partial charge in [0.15, 0.2) is 5.82 Å². The molecule has 5 heteroatoms. The second kappa shape index (κ2) is 3.82. The maximum absolute atomic E-state index is 3.98. The fourth-order valence-electron chi connectivity index (χ4n) is 1.68. The summed E-state index contributed by atoms with van der Waals surface area (Å²) >= 11 is 0. The molecule has 76 valence electrons. The van der Waals surface area contributed by atoms with Gasteiger partial charge in [0, 0.05) is 0 Å². The number of rotatable bonds is 0. The molecule has 1 aliphatic carbocycles. The Labute approximate surface area is 93.1 Å². The summed E-state index contributed by atoms with van der Waals surface area (Å²) in [7, 11) is 0. The Hall–Kier alpha value is -1.68. The molecule has 0 radical (unpaired) electrons. The Balaban J connectivity index is 0.000000853. The number of hydrogen-bond acceptors (Lipinski definition) is 3. The lowest BCUT2D eigenvalue weighted by atomic mass is 10.0. The highest BCUT2D eigenvalue weighted by Crippen LogP contribution is 2.26. The minimum absolute atomic E-state index is 0. The molecule has 0 fully saturated rings. The van der Waals surface area contributed by atoms with E-state index in [1.165, 1.54) is 5.57 Å². The predicted molar refractivity (Wildman–Crippen MR) is 59.5 cm³/mol. The van der Waals surface area contributed by atoms with Crippen LogP contribution < -0.4 is 0 Å². The van der Waals surface area contributed by atoms with Crippen LogP contribution in [0.5, 0.6) is 0 Å². The van der Waals surface area contributed by atoms with E-state index in [0.717, 1.165) is 5.82 Å². The van der Waals surface area contributed by atoms with Gasteiger partial charge in [-0.2, -0.15) is 0 Å². The lowest BCUT2D eigenvalue weighted by Gasteiger charge is -2.15. The van der Waals surface area contributed by atoms with E-state index < -0.39 is 0 Å². The van der Waals surface area contributed by atoms with Crippen LogP contribution in [0.2, 0.25) is 0 Å². The lowest BCUT2D eigenvalue weighted by molar-refractivity contribution is 0.579. The second-order valence-electron chi connectivity index (χ2n) is 3.20. The molecule has 1 aromatic rings. The molecule has 0 saturated carbocycles. The normalized spacial score (nSPS) is 21.1. The summed E-state index contributed by atoms with van der Waals surface area (Å²) < 4.78 is 1.81. The molecular weight excluding hydrogens is 212 g/mol. The van der Waals surface area contributed by atoms with Crippen molar-refractivity contribution in [3.63, 3.8) is 0 Å². The number of fused-ring (bicyclic) bond motifs is 3. The topological polar surface area (TPSA) is 43.6 Å². The number of hydrogen-bond donors (Lipinski definition) is 0. The number of aromatic nitrogens is 4. The average Bonchev–Trinajstić information content (AvgIpc) is 2.61. The van der Waals surface area contributed by atoms with E-state index in [9.17, 15) is 0 Å². The highest BCUT2D eigenvalue weighted by Gasteiger charge is 2.18. The van der Waals surface area contributed by atoms with Crippen LogP contribution in [-0.2, 0) is 0 Å². The molecule has 3 rings (SSSR count). The largest absolute Gasteiger partial charge is 0.214 e. The monoisotopic (exact) mass is 220 g/mol. The predicted octanol–water partition coefficient (Wildman–Crippen LogP) is 1.72. The standard InChI is InChI=1S/C10H8N4.ClH/c1-2-6-9-8(4-1)5-3-7-10-11-12-13-14(9)10;/h1-7,9H;1H. The van der Waals surface area contributed by atoms with Crippen LogP contribution in [-0.4, -0.2) is 20.2 Å². The first-order valence-electron chi connectivity index (χ1n) is 4.46. The number of tetrazole rings is 1. The third-order valence-electron chi connectivity index (χ3n) is 2.35. The Morgan fingerprint density at radius 2 is 2.07 bits per heavy atom. The fourth-order valence-corrected chi connectivity index (χ4v) is 1.68. The molecule has 0 amide bonds. The molecule has 15 heavy (non-hydrogen) atoms. The molecule has 0 spiro atoms. The highest BCUT2D eigenvalue weighted by molar-refractivity contribution is 5.85. The molecule has 0 bridgehead atoms. The summed E-state index contributed by atoms with van der Waals surface area (Å²) in [6, 6.07) is 0.139. The van der Waals surface area contributed by atoms with Crippen LogP contribution in [0.25, 0.3) is 6.08 Å². The zero-order chi connectivity index (χ0) is 9.38. The molecule has 0 saturated heterocycles. The highest BCUT2D eigenvalue weighted by atomic mass is 35.5. The maximum Gasteiger partial charge on any atom is 0.175 e. The van der Waals surface area contributed by atoms with Gasteiger partial charge in [-0.3, -0.25) is 0 Å². The molecule has 2 aliphatic rings. The quantitative estimate of drug-likeness (QED) is 0.669. The molecular formula is C10H9ClN4. The van der Waals surface area contributed by atoms with Gasteiger partial charge in [0.2, 0.25) is 0 Å². The molecule has 1 atom stereocenters. The van der Waals surface area contributed by atoms with Gasteiger partial charge in [-0.1, -0.05) is 36.5 Å². The first kappa shape index (κ1) is 9.86. The Kier molecular flexibility index (Phi) is 2.51. The van der Waals surface area contributed by atoms with Gasteiger partial charge < -0.3 is 0 Å². The van der Waals surface area contributed by atoms with Crippen LogP contribution >= 0.6 is 12.4 Å². The fraction of sp³-hybridized carbons (Fsp3) is 0.100. The first-order valence-corrected chi connectivity index (χ1v) is 4.46. The van der Waals surface area contributed by atoms with Crippen molar-refractivity contribution in [2.24, 2.45) is 0 Å². The van der Waals surface area contributed by atoms with Gasteiger partial charge >= 0.3 is 0 Å². The van der Waals surface area contributed by atoms with Crippen molar-refractivity contribution in [3.05, 3.63) is 47.9 Å². The Bertz CT molecular complexity index is 481. The van der Waals surface area contributed by atoms with E-state index in [2.05, 4.69) is 33.8 Å². The van der Waals surface area contributed by atoms with Gasteiger partial charge in [0.25, 0.3) is 0 Å². The van der Waals surface area contributed by atoms with Crippen molar-refractivity contribution >= 4 is 18.5 Å². The van der Waals surface area contributed by atoms with Crippen LogP contribution in [0.4, 0.5) is 0 Å². The summed E-state index contributed by atoms with van der Waals surface area (Å²) in [5.41, 5.74) is 1.20. The van der Waals surface area contributed by atoms with Crippen molar-refractivity contribution in [1.82, 2.24) is 20.2 Å². The maximum atomic E-state index is 3.98. The van der Waals surface area contributed by atoms with E-state index in [0.29, 0.717) is 0 Å². The van der Waals surface area contributed by atoms with Crippen molar-refractivity contribution < 1.29 is 0 Å². The van der Waals surface area contributed by atoms with Crippen LogP contribution in [0.3, 0.4) is 0 Å². The number of nitrogens with zero attached hydrogens (tertiary/aromatic N) is 4. The molecule has 1 aromatic heterocycles. The number of halogens is 1.